The first-order valence-electron chi connectivity index (χ1n) is 4.40. The van der Waals surface area contributed by atoms with Crippen LogP contribution >= 0.6 is 0 Å². The van der Waals surface area contributed by atoms with Gasteiger partial charge >= 0.3 is 0 Å². The van der Waals surface area contributed by atoms with Crippen molar-refractivity contribution < 1.29 is 4.39 Å². The van der Waals surface area contributed by atoms with E-state index in [1.165, 1.54) is 12.1 Å². The van der Waals surface area contributed by atoms with Gasteiger partial charge in [0.2, 0.25) is 0 Å². The van der Waals surface area contributed by atoms with Crippen LogP contribution in [-0.2, 0) is 0 Å². The summed E-state index contributed by atoms with van der Waals surface area (Å²) in [6, 6.07) is 2.38. The van der Waals surface area contributed by atoms with Crippen molar-refractivity contribution >= 4 is 0 Å². The molecule has 2 rings (SSSR count). The van der Waals surface area contributed by atoms with Crippen LogP contribution in [0.5, 0.6) is 0 Å². The predicted molar refractivity (Wildman–Crippen MR) is 52.3 cm³/mol. The molecule has 2 aromatic rings. The lowest BCUT2D eigenvalue weighted by atomic mass is 10.1. The molecule has 2 N–H and O–H groups in total. The monoisotopic (exact) mass is 204 g/mol. The third kappa shape index (κ3) is 2.13. The number of hydrogen-bond acceptors (Lipinski definition) is 4. The Hall–Kier alpha value is -1.88. The molecule has 15 heavy (non-hydrogen) atoms. The van der Waals surface area contributed by atoms with Crippen molar-refractivity contribution in [2.45, 2.75) is 6.04 Å². The lowest BCUT2D eigenvalue weighted by Gasteiger charge is -2.08. The van der Waals surface area contributed by atoms with E-state index < -0.39 is 6.04 Å². The highest BCUT2D eigenvalue weighted by atomic mass is 19.1. The van der Waals surface area contributed by atoms with Crippen LogP contribution in [0.2, 0.25) is 0 Å². The molecule has 0 aromatic carbocycles. The molecule has 0 fully saturated rings. The Balaban J connectivity index is 2.29. The van der Waals surface area contributed by atoms with E-state index in [2.05, 4.69) is 15.0 Å². The molecule has 2 aromatic heterocycles. The zero-order valence-corrected chi connectivity index (χ0v) is 7.84. The van der Waals surface area contributed by atoms with E-state index in [9.17, 15) is 4.39 Å². The highest BCUT2D eigenvalue weighted by Gasteiger charge is 2.11. The normalized spacial score (nSPS) is 12.4. The minimum Gasteiger partial charge on any atom is -0.318 e. The van der Waals surface area contributed by atoms with Crippen molar-refractivity contribution in [2.24, 2.45) is 5.73 Å². The molecule has 0 radical (unpaired) electrons. The summed E-state index contributed by atoms with van der Waals surface area (Å²) in [6.45, 7) is 0. The van der Waals surface area contributed by atoms with E-state index in [0.29, 0.717) is 11.4 Å². The van der Waals surface area contributed by atoms with Gasteiger partial charge in [0.05, 0.1) is 29.8 Å². The Bertz CT molecular complexity index is 429. The molecule has 5 heteroatoms. The second-order valence-corrected chi connectivity index (χ2v) is 3.01. The SMILES string of the molecule is NC(c1ccc(F)cn1)c1cnccn1. The average Bonchev–Trinajstić information content (AvgIpc) is 2.30. The topological polar surface area (TPSA) is 64.7 Å². The van der Waals surface area contributed by atoms with Crippen molar-refractivity contribution in [2.75, 3.05) is 0 Å². The zero-order valence-electron chi connectivity index (χ0n) is 7.84. The van der Waals surface area contributed by atoms with Crippen molar-refractivity contribution in [1.82, 2.24) is 15.0 Å². The highest BCUT2D eigenvalue weighted by Crippen LogP contribution is 2.13. The fraction of sp³-hybridized carbons (Fsp3) is 0.100. The van der Waals surface area contributed by atoms with Gasteiger partial charge in [-0.05, 0) is 12.1 Å². The second kappa shape index (κ2) is 4.10. The average molecular weight is 204 g/mol. The molecule has 76 valence electrons. The van der Waals surface area contributed by atoms with Gasteiger partial charge < -0.3 is 5.73 Å². The van der Waals surface area contributed by atoms with Crippen LogP contribution in [0.1, 0.15) is 17.4 Å². The number of hydrogen-bond donors (Lipinski definition) is 1. The zero-order chi connectivity index (χ0) is 10.7. The van der Waals surface area contributed by atoms with E-state index in [1.807, 2.05) is 0 Å². The maximum atomic E-state index is 12.6. The van der Waals surface area contributed by atoms with Gasteiger partial charge in [0, 0.05) is 12.4 Å². The third-order valence-corrected chi connectivity index (χ3v) is 1.97. The van der Waals surface area contributed by atoms with Gasteiger partial charge in [-0.25, -0.2) is 4.39 Å². The van der Waals surface area contributed by atoms with Crippen molar-refractivity contribution in [3.05, 3.63) is 54.1 Å². The van der Waals surface area contributed by atoms with E-state index >= 15 is 0 Å². The molecule has 4 nitrogen and oxygen atoms in total. The summed E-state index contributed by atoms with van der Waals surface area (Å²) in [5, 5.41) is 0. The van der Waals surface area contributed by atoms with Crippen LogP contribution in [0.25, 0.3) is 0 Å². The van der Waals surface area contributed by atoms with E-state index in [4.69, 9.17) is 5.73 Å². The lowest BCUT2D eigenvalue weighted by molar-refractivity contribution is 0.616. The lowest BCUT2D eigenvalue weighted by Crippen LogP contribution is -2.15. The van der Waals surface area contributed by atoms with Gasteiger partial charge in [0.1, 0.15) is 5.82 Å². The molecule has 0 spiro atoms. The molecule has 2 heterocycles. The van der Waals surface area contributed by atoms with Crippen LogP contribution in [0.15, 0.2) is 36.9 Å². The Morgan fingerprint density at radius 1 is 1.07 bits per heavy atom. The van der Waals surface area contributed by atoms with E-state index in [1.54, 1.807) is 18.6 Å². The van der Waals surface area contributed by atoms with Gasteiger partial charge in [-0.2, -0.15) is 0 Å². The Morgan fingerprint density at radius 3 is 2.53 bits per heavy atom. The maximum absolute atomic E-state index is 12.6. The molecule has 0 amide bonds. The van der Waals surface area contributed by atoms with Crippen LogP contribution in [0.3, 0.4) is 0 Å². The number of rotatable bonds is 2. The van der Waals surface area contributed by atoms with Crippen LogP contribution < -0.4 is 5.73 Å². The standard InChI is InChI=1S/C10H9FN4/c11-7-1-2-8(15-5-7)10(12)9-6-13-3-4-14-9/h1-6,10H,12H2. The van der Waals surface area contributed by atoms with E-state index in [0.717, 1.165) is 6.20 Å². The Morgan fingerprint density at radius 2 is 1.93 bits per heavy atom. The summed E-state index contributed by atoms with van der Waals surface area (Å²) in [5.41, 5.74) is 7.05. The molecule has 0 bridgehead atoms. The number of nitrogens with two attached hydrogens (primary N) is 1. The summed E-state index contributed by atoms with van der Waals surface area (Å²) < 4.78 is 12.6. The van der Waals surface area contributed by atoms with Crippen LogP contribution in [0.4, 0.5) is 4.39 Å². The van der Waals surface area contributed by atoms with Crippen molar-refractivity contribution in [3.63, 3.8) is 0 Å². The fourth-order valence-electron chi connectivity index (χ4n) is 1.19. The van der Waals surface area contributed by atoms with Crippen molar-refractivity contribution in [1.29, 1.82) is 0 Å². The van der Waals surface area contributed by atoms with Crippen molar-refractivity contribution in [3.8, 4) is 0 Å². The summed E-state index contributed by atoms with van der Waals surface area (Å²) in [5.74, 6) is -0.384. The number of pyridine rings is 1. The molecule has 0 aliphatic carbocycles. The first kappa shape index (κ1) is 9.67. The molecule has 1 unspecified atom stereocenters. The summed E-state index contributed by atoms with van der Waals surface area (Å²) in [6.07, 6.45) is 5.81. The first-order chi connectivity index (χ1) is 7.27. The Labute approximate surface area is 86.0 Å². The van der Waals surface area contributed by atoms with Gasteiger partial charge in [-0.1, -0.05) is 0 Å². The molecule has 1 atom stereocenters. The summed E-state index contributed by atoms with van der Waals surface area (Å²) in [4.78, 5) is 11.8. The molecular weight excluding hydrogens is 195 g/mol. The highest BCUT2D eigenvalue weighted by molar-refractivity contribution is 5.19. The number of nitrogens with zero attached hydrogens (tertiary/aromatic N) is 3. The first-order valence-corrected chi connectivity index (χ1v) is 4.40. The van der Waals surface area contributed by atoms with E-state index in [-0.39, 0.29) is 5.82 Å². The Kier molecular flexibility index (Phi) is 2.64. The summed E-state index contributed by atoms with van der Waals surface area (Å²) >= 11 is 0. The minimum atomic E-state index is -0.473. The molecular formula is C10H9FN4. The van der Waals surface area contributed by atoms with Gasteiger partial charge in [-0.15, -0.1) is 0 Å². The minimum absolute atomic E-state index is 0.384. The smallest absolute Gasteiger partial charge is 0.141 e. The van der Waals surface area contributed by atoms with Crippen LogP contribution in [-0.4, -0.2) is 15.0 Å². The maximum Gasteiger partial charge on any atom is 0.141 e. The quantitative estimate of drug-likeness (QED) is 0.794. The largest absolute Gasteiger partial charge is 0.318 e. The summed E-state index contributed by atoms with van der Waals surface area (Å²) in [7, 11) is 0. The van der Waals surface area contributed by atoms with Crippen LogP contribution in [0, 0.1) is 5.82 Å². The fourth-order valence-corrected chi connectivity index (χ4v) is 1.19. The number of halogens is 1. The molecule has 0 aliphatic rings. The third-order valence-electron chi connectivity index (χ3n) is 1.97. The number of aromatic nitrogens is 3. The molecule has 0 aliphatic heterocycles. The van der Waals surface area contributed by atoms with Gasteiger partial charge in [-0.3, -0.25) is 15.0 Å². The van der Waals surface area contributed by atoms with Gasteiger partial charge in [0.25, 0.3) is 0 Å². The second-order valence-electron chi connectivity index (χ2n) is 3.01. The predicted octanol–water partition coefficient (Wildman–Crippen LogP) is 1.06. The van der Waals surface area contributed by atoms with Gasteiger partial charge in [0.15, 0.2) is 0 Å². The molecule has 0 saturated carbocycles. The molecule has 0 saturated heterocycles.